The molecule has 3 N–H and O–H groups in total. The van der Waals surface area contributed by atoms with Crippen LogP contribution in [0.25, 0.3) is 0 Å². The van der Waals surface area contributed by atoms with Crippen LogP contribution in [0.2, 0.25) is 0 Å². The molecule has 2 aromatic rings. The summed E-state index contributed by atoms with van der Waals surface area (Å²) < 4.78 is 35.6. The minimum atomic E-state index is -3.99. The van der Waals surface area contributed by atoms with E-state index in [1.807, 2.05) is 0 Å². The standard InChI is InChI=1S/C13H10FNO4S2/c14-8-2-1-3-9(6-8)20-12-5-4-10(21(15,18)19)7-11(12)13(16)17/h1-7H,(H,16,17)(H2,15,18,19). The number of hydrogen-bond acceptors (Lipinski definition) is 4. The van der Waals surface area contributed by atoms with Gasteiger partial charge >= 0.3 is 5.97 Å². The van der Waals surface area contributed by atoms with Crippen molar-refractivity contribution in [3.05, 3.63) is 53.8 Å². The van der Waals surface area contributed by atoms with E-state index in [1.54, 1.807) is 6.07 Å². The number of primary sulfonamides is 1. The molecule has 0 bridgehead atoms. The van der Waals surface area contributed by atoms with Crippen molar-refractivity contribution in [1.29, 1.82) is 0 Å². The molecule has 2 aromatic carbocycles. The maximum absolute atomic E-state index is 13.1. The van der Waals surface area contributed by atoms with Gasteiger partial charge in [-0.3, -0.25) is 0 Å². The highest BCUT2D eigenvalue weighted by molar-refractivity contribution is 7.99. The maximum atomic E-state index is 13.1. The second kappa shape index (κ2) is 5.84. The van der Waals surface area contributed by atoms with Gasteiger partial charge in [0.2, 0.25) is 10.0 Å². The number of benzene rings is 2. The van der Waals surface area contributed by atoms with E-state index in [9.17, 15) is 17.6 Å². The van der Waals surface area contributed by atoms with E-state index in [-0.39, 0.29) is 10.5 Å². The van der Waals surface area contributed by atoms with Gasteiger partial charge in [0.25, 0.3) is 0 Å². The molecule has 110 valence electrons. The minimum absolute atomic E-state index is 0.212. The number of carboxylic acids is 1. The van der Waals surface area contributed by atoms with Gasteiger partial charge < -0.3 is 5.11 Å². The van der Waals surface area contributed by atoms with E-state index in [4.69, 9.17) is 10.2 Å². The van der Waals surface area contributed by atoms with E-state index in [0.29, 0.717) is 9.79 Å². The Bertz CT molecular complexity index is 806. The smallest absolute Gasteiger partial charge is 0.336 e. The predicted octanol–water partition coefficient (Wildman–Crippen LogP) is 2.32. The average molecular weight is 327 g/mol. The van der Waals surface area contributed by atoms with Gasteiger partial charge in [0, 0.05) is 9.79 Å². The highest BCUT2D eigenvalue weighted by atomic mass is 32.2. The molecule has 0 aliphatic carbocycles. The second-order valence-corrected chi connectivity index (χ2v) is 6.74. The number of sulfonamides is 1. The molecular weight excluding hydrogens is 317 g/mol. The lowest BCUT2D eigenvalue weighted by molar-refractivity contribution is 0.0693. The summed E-state index contributed by atoms with van der Waals surface area (Å²) in [5.41, 5.74) is -0.212. The van der Waals surface area contributed by atoms with Crippen molar-refractivity contribution in [2.24, 2.45) is 5.14 Å². The number of rotatable bonds is 4. The molecule has 21 heavy (non-hydrogen) atoms. The van der Waals surface area contributed by atoms with Crippen molar-refractivity contribution in [2.45, 2.75) is 14.7 Å². The molecule has 0 fully saturated rings. The van der Waals surface area contributed by atoms with Crippen molar-refractivity contribution in [1.82, 2.24) is 0 Å². The molecule has 0 atom stereocenters. The lowest BCUT2D eigenvalue weighted by atomic mass is 10.2. The Morgan fingerprint density at radius 2 is 1.90 bits per heavy atom. The molecule has 0 saturated heterocycles. The molecular formula is C13H10FNO4S2. The van der Waals surface area contributed by atoms with Crippen LogP contribution in [0.5, 0.6) is 0 Å². The van der Waals surface area contributed by atoms with Crippen LogP contribution in [-0.2, 0) is 10.0 Å². The largest absolute Gasteiger partial charge is 0.478 e. The zero-order chi connectivity index (χ0) is 15.6. The molecule has 0 aliphatic heterocycles. The topological polar surface area (TPSA) is 97.5 Å². The number of nitrogens with two attached hydrogens (primary N) is 1. The SMILES string of the molecule is NS(=O)(=O)c1ccc(Sc2cccc(F)c2)c(C(=O)O)c1. The number of hydrogen-bond donors (Lipinski definition) is 2. The van der Waals surface area contributed by atoms with E-state index < -0.39 is 21.8 Å². The molecule has 0 radical (unpaired) electrons. The first kappa shape index (κ1) is 15.5. The normalized spacial score (nSPS) is 11.3. The van der Waals surface area contributed by atoms with Gasteiger partial charge in [0.05, 0.1) is 10.5 Å². The van der Waals surface area contributed by atoms with Crippen LogP contribution >= 0.6 is 11.8 Å². The van der Waals surface area contributed by atoms with Gasteiger partial charge in [-0.25, -0.2) is 22.7 Å². The van der Waals surface area contributed by atoms with E-state index in [0.717, 1.165) is 17.8 Å². The maximum Gasteiger partial charge on any atom is 0.336 e. The zero-order valence-corrected chi connectivity index (χ0v) is 12.1. The Hall–Kier alpha value is -1.90. The van der Waals surface area contributed by atoms with E-state index in [2.05, 4.69) is 0 Å². The lowest BCUT2D eigenvalue weighted by Crippen LogP contribution is -2.13. The third-order valence-corrected chi connectivity index (χ3v) is 4.51. The molecule has 5 nitrogen and oxygen atoms in total. The zero-order valence-electron chi connectivity index (χ0n) is 10.5. The lowest BCUT2D eigenvalue weighted by Gasteiger charge is -2.08. The molecule has 0 aliphatic rings. The number of aromatic carboxylic acids is 1. The molecule has 0 spiro atoms. The summed E-state index contributed by atoms with van der Waals surface area (Å²) in [4.78, 5) is 11.7. The molecule has 0 aromatic heterocycles. The third kappa shape index (κ3) is 3.81. The van der Waals surface area contributed by atoms with Gasteiger partial charge in [-0.15, -0.1) is 0 Å². The van der Waals surface area contributed by atoms with Crippen molar-refractivity contribution in [3.63, 3.8) is 0 Å². The van der Waals surface area contributed by atoms with Crippen LogP contribution in [0, 0.1) is 5.82 Å². The van der Waals surface area contributed by atoms with Crippen LogP contribution in [0.3, 0.4) is 0 Å². The van der Waals surface area contributed by atoms with Crippen molar-refractivity contribution in [2.75, 3.05) is 0 Å². The number of carbonyl (C=O) groups is 1. The van der Waals surface area contributed by atoms with Crippen LogP contribution in [0.15, 0.2) is 57.2 Å². The Morgan fingerprint density at radius 1 is 1.19 bits per heavy atom. The molecule has 0 amide bonds. The van der Waals surface area contributed by atoms with Crippen LogP contribution in [0.4, 0.5) is 4.39 Å². The molecule has 0 heterocycles. The monoisotopic (exact) mass is 327 g/mol. The summed E-state index contributed by atoms with van der Waals surface area (Å²) >= 11 is 1.02. The van der Waals surface area contributed by atoms with Gasteiger partial charge in [-0.1, -0.05) is 17.8 Å². The molecule has 8 heteroatoms. The summed E-state index contributed by atoms with van der Waals surface area (Å²) in [7, 11) is -3.99. The highest BCUT2D eigenvalue weighted by Gasteiger charge is 2.16. The molecule has 0 unspecified atom stereocenters. The number of halogens is 1. The van der Waals surface area contributed by atoms with Crippen LogP contribution in [0.1, 0.15) is 10.4 Å². The van der Waals surface area contributed by atoms with Crippen molar-refractivity contribution < 1.29 is 22.7 Å². The van der Waals surface area contributed by atoms with Gasteiger partial charge in [0.1, 0.15) is 5.82 Å². The second-order valence-electron chi connectivity index (χ2n) is 4.07. The quantitative estimate of drug-likeness (QED) is 0.898. The van der Waals surface area contributed by atoms with Gasteiger partial charge in [0.15, 0.2) is 0 Å². The first-order valence-corrected chi connectivity index (χ1v) is 7.97. The Labute approximate surface area is 124 Å². The van der Waals surface area contributed by atoms with Crippen molar-refractivity contribution >= 4 is 27.8 Å². The van der Waals surface area contributed by atoms with Gasteiger partial charge in [-0.2, -0.15) is 0 Å². The Balaban J connectivity index is 2.47. The highest BCUT2D eigenvalue weighted by Crippen LogP contribution is 2.32. The van der Waals surface area contributed by atoms with Crippen LogP contribution in [-0.4, -0.2) is 19.5 Å². The van der Waals surface area contributed by atoms with Crippen LogP contribution < -0.4 is 5.14 Å². The predicted molar refractivity (Wildman–Crippen MR) is 75.3 cm³/mol. The summed E-state index contributed by atoms with van der Waals surface area (Å²) in [6.45, 7) is 0. The third-order valence-electron chi connectivity index (χ3n) is 2.53. The Morgan fingerprint density at radius 3 is 2.48 bits per heavy atom. The molecule has 0 saturated carbocycles. The summed E-state index contributed by atoms with van der Waals surface area (Å²) in [5.74, 6) is -1.74. The summed E-state index contributed by atoms with van der Waals surface area (Å²) in [5, 5.41) is 14.1. The van der Waals surface area contributed by atoms with E-state index >= 15 is 0 Å². The number of carboxylic acid groups (broad SMARTS) is 1. The average Bonchev–Trinajstić information content (AvgIpc) is 2.37. The molecule has 2 rings (SSSR count). The fourth-order valence-electron chi connectivity index (χ4n) is 1.60. The van der Waals surface area contributed by atoms with Gasteiger partial charge in [-0.05, 0) is 36.4 Å². The van der Waals surface area contributed by atoms with E-state index in [1.165, 1.54) is 30.3 Å². The summed E-state index contributed by atoms with van der Waals surface area (Å²) in [6.07, 6.45) is 0. The fourth-order valence-corrected chi connectivity index (χ4v) is 3.10. The Kier molecular flexibility index (Phi) is 4.31. The van der Waals surface area contributed by atoms with Crippen molar-refractivity contribution in [3.8, 4) is 0 Å². The fraction of sp³-hybridized carbons (Fsp3) is 0. The first-order valence-electron chi connectivity index (χ1n) is 5.61. The summed E-state index contributed by atoms with van der Waals surface area (Å²) in [6, 6.07) is 9.17. The minimum Gasteiger partial charge on any atom is -0.478 e. The first-order chi connectivity index (χ1) is 9.77.